The van der Waals surface area contributed by atoms with Gasteiger partial charge in [0.15, 0.2) is 0 Å². The van der Waals surface area contributed by atoms with E-state index in [9.17, 15) is 18.0 Å². The fourth-order valence-corrected chi connectivity index (χ4v) is 2.72. The maximum atomic E-state index is 12.8. The van der Waals surface area contributed by atoms with Crippen molar-refractivity contribution in [2.45, 2.75) is 18.0 Å². The zero-order chi connectivity index (χ0) is 16.2. The van der Waals surface area contributed by atoms with E-state index < -0.39 is 17.6 Å². The molecule has 0 fully saturated rings. The Bertz CT molecular complexity index is 670. The predicted molar refractivity (Wildman–Crippen MR) is 82.0 cm³/mol. The number of nitrogens with one attached hydrogen (secondary N) is 1. The molecule has 1 amide bonds. The van der Waals surface area contributed by atoms with E-state index in [1.54, 1.807) is 0 Å². The maximum absolute atomic E-state index is 12.8. The number of hydrogen-bond donors (Lipinski definition) is 1. The molecule has 0 aromatic heterocycles. The Morgan fingerprint density at radius 3 is 2.41 bits per heavy atom. The van der Waals surface area contributed by atoms with Crippen LogP contribution in [-0.2, 0) is 11.0 Å². The number of halogens is 3. The summed E-state index contributed by atoms with van der Waals surface area (Å²) in [6.45, 7) is 1.92. The normalized spacial score (nSPS) is 11.3. The van der Waals surface area contributed by atoms with Gasteiger partial charge in [-0.05, 0) is 30.7 Å². The van der Waals surface area contributed by atoms with Gasteiger partial charge in [0.2, 0.25) is 5.91 Å². The van der Waals surface area contributed by atoms with Crippen LogP contribution in [0.3, 0.4) is 0 Å². The van der Waals surface area contributed by atoms with Gasteiger partial charge in [0.05, 0.1) is 17.0 Å². The lowest BCUT2D eigenvalue weighted by atomic mass is 10.1. The summed E-state index contributed by atoms with van der Waals surface area (Å²) < 4.78 is 38.5. The molecular weight excluding hydrogens is 311 g/mol. The lowest BCUT2D eigenvalue weighted by molar-refractivity contribution is -0.137. The number of anilines is 1. The van der Waals surface area contributed by atoms with Gasteiger partial charge in [-0.3, -0.25) is 4.79 Å². The van der Waals surface area contributed by atoms with Crippen LogP contribution in [0.2, 0.25) is 0 Å². The first-order valence-corrected chi connectivity index (χ1v) is 7.51. The zero-order valence-electron chi connectivity index (χ0n) is 11.8. The summed E-state index contributed by atoms with van der Waals surface area (Å²) in [6.07, 6.45) is -4.49. The molecule has 0 aliphatic heterocycles. The number of benzene rings is 2. The molecule has 0 bridgehead atoms. The molecule has 0 aliphatic rings. The Kier molecular flexibility index (Phi) is 5.13. The predicted octanol–water partition coefficient (Wildman–Crippen LogP) is 4.74. The molecule has 6 heteroatoms. The Balaban J connectivity index is 2.03. The molecule has 22 heavy (non-hydrogen) atoms. The van der Waals surface area contributed by atoms with Gasteiger partial charge in [-0.1, -0.05) is 30.3 Å². The fraction of sp³-hybridized carbons (Fsp3) is 0.188. The fourth-order valence-electron chi connectivity index (χ4n) is 1.89. The van der Waals surface area contributed by atoms with Crippen LogP contribution in [0.1, 0.15) is 11.1 Å². The van der Waals surface area contributed by atoms with Crippen LogP contribution < -0.4 is 5.32 Å². The second-order valence-electron chi connectivity index (χ2n) is 4.65. The standard InChI is InChI=1S/C16H14F3NOS/c1-11-6-2-5-9-14(11)22-10-15(21)20-13-8-4-3-7-12(13)16(17,18)19/h2-9H,10H2,1H3,(H,20,21). The Hall–Kier alpha value is -1.95. The molecule has 2 rings (SSSR count). The van der Waals surface area contributed by atoms with Crippen molar-refractivity contribution in [2.24, 2.45) is 0 Å². The highest BCUT2D eigenvalue weighted by atomic mass is 32.2. The van der Waals surface area contributed by atoms with E-state index in [4.69, 9.17) is 0 Å². The average Bonchev–Trinajstić information content (AvgIpc) is 2.46. The van der Waals surface area contributed by atoms with Crippen molar-refractivity contribution < 1.29 is 18.0 Å². The molecule has 0 aliphatic carbocycles. The first-order chi connectivity index (χ1) is 10.4. The highest BCUT2D eigenvalue weighted by Crippen LogP contribution is 2.34. The SMILES string of the molecule is Cc1ccccc1SCC(=O)Nc1ccccc1C(F)(F)F. The number of alkyl halides is 3. The van der Waals surface area contributed by atoms with Gasteiger partial charge in [0.1, 0.15) is 0 Å². The highest BCUT2D eigenvalue weighted by molar-refractivity contribution is 8.00. The molecule has 0 spiro atoms. The molecule has 116 valence electrons. The summed E-state index contributed by atoms with van der Waals surface area (Å²) >= 11 is 1.29. The number of amides is 1. The number of para-hydroxylation sites is 1. The van der Waals surface area contributed by atoms with Crippen molar-refractivity contribution in [2.75, 3.05) is 11.1 Å². The van der Waals surface area contributed by atoms with E-state index in [2.05, 4.69) is 5.32 Å². The molecule has 0 atom stereocenters. The third kappa shape index (κ3) is 4.27. The lowest BCUT2D eigenvalue weighted by Gasteiger charge is -2.13. The van der Waals surface area contributed by atoms with E-state index in [1.807, 2.05) is 31.2 Å². The van der Waals surface area contributed by atoms with Crippen LogP contribution in [0, 0.1) is 6.92 Å². The third-order valence-corrected chi connectivity index (χ3v) is 4.13. The molecule has 0 heterocycles. The summed E-state index contributed by atoms with van der Waals surface area (Å²) in [6, 6.07) is 12.5. The highest BCUT2D eigenvalue weighted by Gasteiger charge is 2.33. The topological polar surface area (TPSA) is 29.1 Å². The van der Waals surface area contributed by atoms with Gasteiger partial charge in [-0.25, -0.2) is 0 Å². The first-order valence-electron chi connectivity index (χ1n) is 6.52. The summed E-state index contributed by atoms with van der Waals surface area (Å²) in [5.41, 5.74) is -0.0365. The van der Waals surface area contributed by atoms with Crippen LogP contribution in [0.5, 0.6) is 0 Å². The average molecular weight is 325 g/mol. The number of aryl methyl sites for hydroxylation is 1. The molecule has 2 aromatic rings. The molecule has 0 saturated carbocycles. The minimum Gasteiger partial charge on any atom is -0.325 e. The monoisotopic (exact) mass is 325 g/mol. The van der Waals surface area contributed by atoms with Crippen LogP contribution in [-0.4, -0.2) is 11.7 Å². The molecule has 1 N–H and O–H groups in total. The lowest BCUT2D eigenvalue weighted by Crippen LogP contribution is -2.18. The zero-order valence-corrected chi connectivity index (χ0v) is 12.6. The Morgan fingerprint density at radius 2 is 1.73 bits per heavy atom. The third-order valence-electron chi connectivity index (χ3n) is 2.96. The molecule has 0 radical (unpaired) electrons. The van der Waals surface area contributed by atoms with Gasteiger partial charge in [-0.2, -0.15) is 13.2 Å². The molecule has 2 aromatic carbocycles. The summed E-state index contributed by atoms with van der Waals surface area (Å²) in [4.78, 5) is 12.8. The van der Waals surface area contributed by atoms with Crippen molar-refractivity contribution in [3.8, 4) is 0 Å². The summed E-state index contributed by atoms with van der Waals surface area (Å²) in [5.74, 6) is -0.415. The quantitative estimate of drug-likeness (QED) is 0.822. The minimum absolute atomic E-state index is 0.0526. The van der Waals surface area contributed by atoms with Gasteiger partial charge in [0.25, 0.3) is 0 Å². The number of hydrogen-bond acceptors (Lipinski definition) is 2. The van der Waals surface area contributed by atoms with E-state index in [0.717, 1.165) is 16.5 Å². The molecule has 0 saturated heterocycles. The number of thioether (sulfide) groups is 1. The maximum Gasteiger partial charge on any atom is 0.418 e. The second-order valence-corrected chi connectivity index (χ2v) is 5.66. The van der Waals surface area contributed by atoms with Crippen LogP contribution in [0.4, 0.5) is 18.9 Å². The second kappa shape index (κ2) is 6.87. The molecule has 2 nitrogen and oxygen atoms in total. The first kappa shape index (κ1) is 16.4. The van der Waals surface area contributed by atoms with Gasteiger partial charge in [0, 0.05) is 4.90 Å². The minimum atomic E-state index is -4.49. The van der Waals surface area contributed by atoms with Crippen molar-refractivity contribution in [1.29, 1.82) is 0 Å². The van der Waals surface area contributed by atoms with E-state index in [1.165, 1.54) is 30.0 Å². The number of carbonyl (C=O) groups is 1. The smallest absolute Gasteiger partial charge is 0.325 e. The van der Waals surface area contributed by atoms with Gasteiger partial charge < -0.3 is 5.32 Å². The largest absolute Gasteiger partial charge is 0.418 e. The van der Waals surface area contributed by atoms with Gasteiger partial charge in [-0.15, -0.1) is 11.8 Å². The van der Waals surface area contributed by atoms with Crippen molar-refractivity contribution >= 4 is 23.4 Å². The Morgan fingerprint density at radius 1 is 1.09 bits per heavy atom. The number of rotatable bonds is 4. The summed E-state index contributed by atoms with van der Waals surface area (Å²) in [5, 5.41) is 2.33. The van der Waals surface area contributed by atoms with Crippen LogP contribution in [0.15, 0.2) is 53.4 Å². The summed E-state index contributed by atoms with van der Waals surface area (Å²) in [7, 11) is 0. The van der Waals surface area contributed by atoms with E-state index in [0.29, 0.717) is 0 Å². The van der Waals surface area contributed by atoms with E-state index in [-0.39, 0.29) is 11.4 Å². The Labute approximate surface area is 130 Å². The number of carbonyl (C=O) groups excluding carboxylic acids is 1. The van der Waals surface area contributed by atoms with Crippen LogP contribution in [0.25, 0.3) is 0 Å². The van der Waals surface area contributed by atoms with E-state index >= 15 is 0 Å². The van der Waals surface area contributed by atoms with Crippen LogP contribution >= 0.6 is 11.8 Å². The van der Waals surface area contributed by atoms with Crippen molar-refractivity contribution in [3.05, 3.63) is 59.7 Å². The molecule has 0 unspecified atom stereocenters. The van der Waals surface area contributed by atoms with Gasteiger partial charge >= 0.3 is 6.18 Å². The van der Waals surface area contributed by atoms with Crippen molar-refractivity contribution in [1.82, 2.24) is 0 Å². The van der Waals surface area contributed by atoms with Crippen molar-refractivity contribution in [3.63, 3.8) is 0 Å². The molecular formula is C16H14F3NOS.